The summed E-state index contributed by atoms with van der Waals surface area (Å²) < 4.78 is 5.26. The molecule has 0 bridgehead atoms. The number of carbonyl (C=O) groups is 2. The van der Waals surface area contributed by atoms with Crippen molar-refractivity contribution in [2.45, 2.75) is 39.2 Å². The average molecular weight is 364 g/mol. The normalized spacial score (nSPS) is 13.4. The standard InChI is InChI=1S/C18H21NO3S2/c1-12-7-8-23-16(12)9-19(2)17(20)10-22-18(21)14-11-24-15-6-4-3-5-13(14)15/h7-8,11H,3-6,9-10H2,1-2H3. The molecule has 0 saturated heterocycles. The van der Waals surface area contributed by atoms with Gasteiger partial charge >= 0.3 is 5.97 Å². The third-order valence-electron chi connectivity index (χ3n) is 4.38. The molecule has 0 radical (unpaired) electrons. The largest absolute Gasteiger partial charge is 0.452 e. The summed E-state index contributed by atoms with van der Waals surface area (Å²) in [5, 5.41) is 3.89. The molecule has 4 nitrogen and oxygen atoms in total. The molecule has 24 heavy (non-hydrogen) atoms. The molecule has 0 N–H and O–H groups in total. The summed E-state index contributed by atoms with van der Waals surface area (Å²) in [7, 11) is 1.74. The van der Waals surface area contributed by atoms with E-state index < -0.39 is 0 Å². The van der Waals surface area contributed by atoms with Crippen LogP contribution in [-0.2, 0) is 28.9 Å². The minimum atomic E-state index is -0.372. The molecular weight excluding hydrogens is 342 g/mol. The van der Waals surface area contributed by atoms with E-state index in [1.54, 1.807) is 34.6 Å². The van der Waals surface area contributed by atoms with E-state index in [4.69, 9.17) is 4.74 Å². The van der Waals surface area contributed by atoms with Gasteiger partial charge in [-0.2, -0.15) is 0 Å². The van der Waals surface area contributed by atoms with Crippen LogP contribution in [0, 0.1) is 6.92 Å². The van der Waals surface area contributed by atoms with Gasteiger partial charge in [0.1, 0.15) is 0 Å². The highest BCUT2D eigenvalue weighted by Crippen LogP contribution is 2.30. The SMILES string of the molecule is Cc1ccsc1CN(C)C(=O)COC(=O)c1csc2c1CCCC2. The van der Waals surface area contributed by atoms with Gasteiger partial charge in [-0.05, 0) is 55.2 Å². The van der Waals surface area contributed by atoms with E-state index in [0.29, 0.717) is 12.1 Å². The summed E-state index contributed by atoms with van der Waals surface area (Å²) in [6.45, 7) is 2.38. The summed E-state index contributed by atoms with van der Waals surface area (Å²) in [5.74, 6) is -0.552. The van der Waals surface area contributed by atoms with Crippen molar-refractivity contribution < 1.29 is 14.3 Å². The highest BCUT2D eigenvalue weighted by Gasteiger charge is 2.22. The zero-order valence-corrected chi connectivity index (χ0v) is 15.6. The molecule has 0 aliphatic heterocycles. The third kappa shape index (κ3) is 3.70. The number of likely N-dealkylation sites (N-methyl/N-ethyl adjacent to an activating group) is 1. The molecule has 0 aromatic carbocycles. The van der Waals surface area contributed by atoms with Crippen molar-refractivity contribution in [2.75, 3.05) is 13.7 Å². The molecular formula is C18H21NO3S2. The Balaban J connectivity index is 1.55. The van der Waals surface area contributed by atoms with Crippen LogP contribution >= 0.6 is 22.7 Å². The minimum absolute atomic E-state index is 0.180. The topological polar surface area (TPSA) is 46.6 Å². The molecule has 1 amide bonds. The van der Waals surface area contributed by atoms with Gasteiger partial charge < -0.3 is 9.64 Å². The molecule has 1 aliphatic carbocycles. The lowest BCUT2D eigenvalue weighted by molar-refractivity contribution is -0.133. The van der Waals surface area contributed by atoms with Gasteiger partial charge in [0, 0.05) is 22.2 Å². The quantitative estimate of drug-likeness (QED) is 0.759. The summed E-state index contributed by atoms with van der Waals surface area (Å²) in [6.07, 6.45) is 4.29. The molecule has 128 valence electrons. The summed E-state index contributed by atoms with van der Waals surface area (Å²) in [6, 6.07) is 2.04. The number of aryl methyl sites for hydroxylation is 2. The maximum Gasteiger partial charge on any atom is 0.339 e. The summed E-state index contributed by atoms with van der Waals surface area (Å²) >= 11 is 3.26. The first-order valence-electron chi connectivity index (χ1n) is 8.09. The van der Waals surface area contributed by atoms with Crippen LogP contribution in [0.15, 0.2) is 16.8 Å². The Morgan fingerprint density at radius 3 is 2.79 bits per heavy atom. The van der Waals surface area contributed by atoms with Gasteiger partial charge in [-0.3, -0.25) is 4.79 Å². The lowest BCUT2D eigenvalue weighted by Crippen LogP contribution is -2.30. The van der Waals surface area contributed by atoms with Gasteiger partial charge in [-0.15, -0.1) is 22.7 Å². The fraction of sp³-hybridized carbons (Fsp3) is 0.444. The lowest BCUT2D eigenvalue weighted by Gasteiger charge is -2.17. The van der Waals surface area contributed by atoms with Crippen LogP contribution in [-0.4, -0.2) is 30.4 Å². The molecule has 3 rings (SSSR count). The number of hydrogen-bond donors (Lipinski definition) is 0. The first kappa shape index (κ1) is 17.2. The van der Waals surface area contributed by atoms with E-state index in [2.05, 4.69) is 0 Å². The number of fused-ring (bicyclic) bond motifs is 1. The number of esters is 1. The Morgan fingerprint density at radius 2 is 2.04 bits per heavy atom. The monoisotopic (exact) mass is 363 g/mol. The first-order valence-corrected chi connectivity index (χ1v) is 9.85. The van der Waals surface area contributed by atoms with Crippen LogP contribution < -0.4 is 0 Å². The predicted molar refractivity (Wildman–Crippen MR) is 96.8 cm³/mol. The Labute approximate surface area is 150 Å². The first-order chi connectivity index (χ1) is 11.6. The van der Waals surface area contributed by atoms with Crippen molar-refractivity contribution in [3.63, 3.8) is 0 Å². The van der Waals surface area contributed by atoms with Crippen molar-refractivity contribution in [3.8, 4) is 0 Å². The molecule has 1 aliphatic rings. The molecule has 0 spiro atoms. The second-order valence-electron chi connectivity index (χ2n) is 6.11. The fourth-order valence-electron chi connectivity index (χ4n) is 2.85. The van der Waals surface area contributed by atoms with Gasteiger partial charge in [0.2, 0.25) is 0 Å². The zero-order chi connectivity index (χ0) is 17.1. The summed E-state index contributed by atoms with van der Waals surface area (Å²) in [5.41, 5.74) is 2.96. The van der Waals surface area contributed by atoms with E-state index in [1.807, 2.05) is 23.8 Å². The fourth-order valence-corrected chi connectivity index (χ4v) is 4.92. The van der Waals surface area contributed by atoms with Crippen molar-refractivity contribution in [3.05, 3.63) is 43.3 Å². The van der Waals surface area contributed by atoms with Crippen molar-refractivity contribution in [1.29, 1.82) is 0 Å². The van der Waals surface area contributed by atoms with E-state index >= 15 is 0 Å². The molecule has 6 heteroatoms. The van der Waals surface area contributed by atoms with Crippen LogP contribution in [0.1, 0.15) is 44.1 Å². The third-order valence-corrected chi connectivity index (χ3v) is 6.48. The molecule has 0 unspecified atom stereocenters. The van der Waals surface area contributed by atoms with E-state index in [-0.39, 0.29) is 18.5 Å². The Hall–Kier alpha value is -1.66. The second kappa shape index (κ2) is 7.49. The van der Waals surface area contributed by atoms with Crippen LogP contribution in [0.4, 0.5) is 0 Å². The number of amides is 1. The number of carbonyl (C=O) groups excluding carboxylic acids is 2. The van der Waals surface area contributed by atoms with Crippen molar-refractivity contribution >= 4 is 34.6 Å². The van der Waals surface area contributed by atoms with Gasteiger partial charge in [-0.25, -0.2) is 4.79 Å². The highest BCUT2D eigenvalue weighted by molar-refractivity contribution is 7.10. The molecule has 0 saturated carbocycles. The van der Waals surface area contributed by atoms with Gasteiger partial charge in [0.25, 0.3) is 5.91 Å². The van der Waals surface area contributed by atoms with Gasteiger partial charge in [-0.1, -0.05) is 0 Å². The average Bonchev–Trinajstić information content (AvgIpc) is 3.19. The smallest absolute Gasteiger partial charge is 0.339 e. The number of thiophene rings is 2. The minimum Gasteiger partial charge on any atom is -0.452 e. The Kier molecular flexibility index (Phi) is 5.36. The van der Waals surface area contributed by atoms with Crippen LogP contribution in [0.5, 0.6) is 0 Å². The number of hydrogen-bond acceptors (Lipinski definition) is 5. The van der Waals surface area contributed by atoms with Crippen molar-refractivity contribution in [2.24, 2.45) is 0 Å². The number of ether oxygens (including phenoxy) is 1. The predicted octanol–water partition coefficient (Wildman–Crippen LogP) is 3.81. The number of nitrogens with zero attached hydrogens (tertiary/aromatic N) is 1. The van der Waals surface area contributed by atoms with Crippen LogP contribution in [0.3, 0.4) is 0 Å². The highest BCUT2D eigenvalue weighted by atomic mass is 32.1. The lowest BCUT2D eigenvalue weighted by atomic mass is 9.96. The summed E-state index contributed by atoms with van der Waals surface area (Å²) in [4.78, 5) is 28.5. The van der Waals surface area contributed by atoms with Gasteiger partial charge in [0.15, 0.2) is 6.61 Å². The number of rotatable bonds is 5. The molecule has 0 fully saturated rings. The maximum atomic E-state index is 12.3. The maximum absolute atomic E-state index is 12.3. The van der Waals surface area contributed by atoms with E-state index in [9.17, 15) is 9.59 Å². The molecule has 2 aromatic heterocycles. The zero-order valence-electron chi connectivity index (χ0n) is 14.0. The Morgan fingerprint density at radius 1 is 1.25 bits per heavy atom. The van der Waals surface area contributed by atoms with E-state index in [1.165, 1.54) is 16.9 Å². The van der Waals surface area contributed by atoms with Gasteiger partial charge in [0.05, 0.1) is 12.1 Å². The van der Waals surface area contributed by atoms with Crippen LogP contribution in [0.25, 0.3) is 0 Å². The Bertz CT molecular complexity index is 747. The molecule has 0 atom stereocenters. The van der Waals surface area contributed by atoms with Crippen LogP contribution in [0.2, 0.25) is 0 Å². The molecule has 2 heterocycles. The van der Waals surface area contributed by atoms with Crippen molar-refractivity contribution in [1.82, 2.24) is 4.90 Å². The van der Waals surface area contributed by atoms with E-state index in [0.717, 1.165) is 29.7 Å². The second-order valence-corrected chi connectivity index (χ2v) is 8.08. The molecule has 2 aromatic rings.